The number of Topliss-reactive ketones (excluding diaryl/α,β-unsaturated/α-hetero) is 1. The van der Waals surface area contributed by atoms with E-state index in [1.54, 1.807) is 6.20 Å². The zero-order valence-electron chi connectivity index (χ0n) is 8.32. The van der Waals surface area contributed by atoms with E-state index < -0.39 is 0 Å². The number of hydrogen-bond acceptors (Lipinski definition) is 4. The van der Waals surface area contributed by atoms with E-state index in [2.05, 4.69) is 9.88 Å². The molecule has 0 aromatic carbocycles. The van der Waals surface area contributed by atoms with Crippen LogP contribution in [0.1, 0.15) is 25.0 Å². The molecule has 0 radical (unpaired) electrons. The van der Waals surface area contributed by atoms with Crippen LogP contribution in [0.15, 0.2) is 10.6 Å². The summed E-state index contributed by atoms with van der Waals surface area (Å²) in [7, 11) is 0. The fraction of sp³-hybridized carbons (Fsp3) is 0.600. The molecule has 1 saturated heterocycles. The molecule has 0 N–H and O–H groups in total. The first-order valence-electron chi connectivity index (χ1n) is 4.95. The van der Waals surface area contributed by atoms with E-state index in [1.807, 2.05) is 6.92 Å². The van der Waals surface area contributed by atoms with Gasteiger partial charge in [0.15, 0.2) is 0 Å². The third kappa shape index (κ3) is 2.01. The van der Waals surface area contributed by atoms with Crippen LogP contribution < -0.4 is 0 Å². The van der Waals surface area contributed by atoms with Crippen LogP contribution in [0.25, 0.3) is 0 Å². The van der Waals surface area contributed by atoms with Gasteiger partial charge < -0.3 is 4.42 Å². The molecule has 0 atom stereocenters. The van der Waals surface area contributed by atoms with Crippen molar-refractivity contribution < 1.29 is 9.21 Å². The summed E-state index contributed by atoms with van der Waals surface area (Å²) in [5, 5.41) is 0. The maximum Gasteiger partial charge on any atom is 0.208 e. The molecule has 14 heavy (non-hydrogen) atoms. The third-order valence-electron chi connectivity index (χ3n) is 2.42. The van der Waals surface area contributed by atoms with Crippen LogP contribution in [0.5, 0.6) is 0 Å². The van der Waals surface area contributed by atoms with Gasteiger partial charge in [-0.05, 0) is 0 Å². The normalized spacial score (nSPS) is 17.9. The second-order valence-corrected chi connectivity index (χ2v) is 3.57. The van der Waals surface area contributed by atoms with Crippen LogP contribution in [0.2, 0.25) is 0 Å². The molecule has 0 amide bonds. The molecule has 2 heterocycles. The summed E-state index contributed by atoms with van der Waals surface area (Å²) < 4.78 is 5.47. The van der Waals surface area contributed by atoms with Gasteiger partial charge in [0.05, 0.1) is 19.3 Å². The van der Waals surface area contributed by atoms with Gasteiger partial charge in [-0.15, -0.1) is 0 Å². The van der Waals surface area contributed by atoms with Gasteiger partial charge in [0.1, 0.15) is 11.5 Å². The number of ketones is 1. The van der Waals surface area contributed by atoms with Gasteiger partial charge in [-0.2, -0.15) is 0 Å². The lowest BCUT2D eigenvalue weighted by atomic mass is 10.4. The standard InChI is InChI=1S/C10H14N2O2/c1-2-9-5-11-10(14-9)7-12-4-3-8(13)6-12/h5H,2-4,6-7H2,1H3. The van der Waals surface area contributed by atoms with Crippen molar-refractivity contribution in [3.05, 3.63) is 17.8 Å². The molecule has 4 nitrogen and oxygen atoms in total. The molecule has 4 heteroatoms. The minimum Gasteiger partial charge on any atom is -0.444 e. The molecule has 1 aliphatic rings. The number of carbonyl (C=O) groups is 1. The Morgan fingerprint density at radius 1 is 1.64 bits per heavy atom. The van der Waals surface area contributed by atoms with Crippen molar-refractivity contribution in [3.8, 4) is 0 Å². The molecular formula is C10H14N2O2. The predicted octanol–water partition coefficient (Wildman–Crippen LogP) is 1.01. The quantitative estimate of drug-likeness (QED) is 0.720. The third-order valence-corrected chi connectivity index (χ3v) is 2.42. The Hall–Kier alpha value is -1.16. The maximum absolute atomic E-state index is 11.0. The largest absolute Gasteiger partial charge is 0.444 e. The van der Waals surface area contributed by atoms with Gasteiger partial charge in [0.25, 0.3) is 0 Å². The summed E-state index contributed by atoms with van der Waals surface area (Å²) in [4.78, 5) is 17.2. The average molecular weight is 194 g/mol. The fourth-order valence-corrected chi connectivity index (χ4v) is 1.60. The molecule has 0 bridgehead atoms. The first-order valence-corrected chi connectivity index (χ1v) is 4.95. The van der Waals surface area contributed by atoms with Crippen molar-refractivity contribution in [3.63, 3.8) is 0 Å². The van der Waals surface area contributed by atoms with Gasteiger partial charge in [0.2, 0.25) is 5.89 Å². The van der Waals surface area contributed by atoms with E-state index in [0.29, 0.717) is 25.3 Å². The summed E-state index contributed by atoms with van der Waals surface area (Å²) in [6.45, 7) is 4.07. The maximum atomic E-state index is 11.0. The van der Waals surface area contributed by atoms with Crippen molar-refractivity contribution in [1.82, 2.24) is 9.88 Å². The zero-order valence-corrected chi connectivity index (χ0v) is 8.32. The number of rotatable bonds is 3. The summed E-state index contributed by atoms with van der Waals surface area (Å²) in [6.07, 6.45) is 3.29. The second kappa shape index (κ2) is 3.92. The van der Waals surface area contributed by atoms with E-state index >= 15 is 0 Å². The molecule has 2 rings (SSSR count). The number of hydrogen-bond donors (Lipinski definition) is 0. The first kappa shape index (κ1) is 9.40. The predicted molar refractivity (Wildman–Crippen MR) is 50.8 cm³/mol. The molecule has 0 aliphatic carbocycles. The lowest BCUT2D eigenvalue weighted by Crippen LogP contribution is -2.20. The lowest BCUT2D eigenvalue weighted by molar-refractivity contribution is -0.116. The molecule has 1 aliphatic heterocycles. The van der Waals surface area contributed by atoms with E-state index in [0.717, 1.165) is 24.6 Å². The summed E-state index contributed by atoms with van der Waals surface area (Å²) in [5.41, 5.74) is 0. The van der Waals surface area contributed by atoms with Crippen LogP contribution in [0, 0.1) is 0 Å². The van der Waals surface area contributed by atoms with Crippen LogP contribution in [-0.2, 0) is 17.8 Å². The highest BCUT2D eigenvalue weighted by Gasteiger charge is 2.20. The van der Waals surface area contributed by atoms with Crippen molar-refractivity contribution >= 4 is 5.78 Å². The highest BCUT2D eigenvalue weighted by Crippen LogP contribution is 2.11. The summed E-state index contributed by atoms with van der Waals surface area (Å²) in [5.74, 6) is 1.94. The number of likely N-dealkylation sites (tertiary alicyclic amines) is 1. The zero-order chi connectivity index (χ0) is 9.97. The lowest BCUT2D eigenvalue weighted by Gasteiger charge is -2.09. The van der Waals surface area contributed by atoms with E-state index in [1.165, 1.54) is 0 Å². The Kier molecular flexibility index (Phi) is 2.63. The molecular weight excluding hydrogens is 180 g/mol. The highest BCUT2D eigenvalue weighted by molar-refractivity contribution is 5.82. The Bertz CT molecular complexity index is 333. The number of carbonyl (C=O) groups excluding carboxylic acids is 1. The molecule has 0 unspecified atom stereocenters. The number of nitrogens with zero attached hydrogens (tertiary/aromatic N) is 2. The van der Waals surface area contributed by atoms with Crippen molar-refractivity contribution in [2.45, 2.75) is 26.3 Å². The number of oxazole rings is 1. The Morgan fingerprint density at radius 3 is 3.07 bits per heavy atom. The molecule has 1 fully saturated rings. The molecule has 1 aromatic heterocycles. The number of aryl methyl sites for hydroxylation is 1. The van der Waals surface area contributed by atoms with E-state index in [9.17, 15) is 4.79 Å². The van der Waals surface area contributed by atoms with Gasteiger partial charge in [-0.1, -0.05) is 6.92 Å². The van der Waals surface area contributed by atoms with Crippen LogP contribution in [0.3, 0.4) is 0 Å². The number of aromatic nitrogens is 1. The SMILES string of the molecule is CCc1cnc(CN2CCC(=O)C2)o1. The summed E-state index contributed by atoms with van der Waals surface area (Å²) in [6, 6.07) is 0. The van der Waals surface area contributed by atoms with E-state index in [4.69, 9.17) is 4.42 Å². The molecule has 0 spiro atoms. The van der Waals surface area contributed by atoms with Crippen LogP contribution >= 0.6 is 0 Å². The van der Waals surface area contributed by atoms with Gasteiger partial charge in [0, 0.05) is 19.4 Å². The Labute approximate surface area is 82.9 Å². The molecule has 0 saturated carbocycles. The fourth-order valence-electron chi connectivity index (χ4n) is 1.60. The molecule has 1 aromatic rings. The highest BCUT2D eigenvalue weighted by atomic mass is 16.4. The van der Waals surface area contributed by atoms with Crippen LogP contribution in [0.4, 0.5) is 0 Å². The van der Waals surface area contributed by atoms with Gasteiger partial charge in [-0.25, -0.2) is 4.98 Å². The van der Waals surface area contributed by atoms with Crippen molar-refractivity contribution in [2.24, 2.45) is 0 Å². The van der Waals surface area contributed by atoms with Crippen LogP contribution in [-0.4, -0.2) is 28.8 Å². The second-order valence-electron chi connectivity index (χ2n) is 3.57. The smallest absolute Gasteiger partial charge is 0.208 e. The Morgan fingerprint density at radius 2 is 2.50 bits per heavy atom. The van der Waals surface area contributed by atoms with Crippen molar-refractivity contribution in [1.29, 1.82) is 0 Å². The average Bonchev–Trinajstić information content (AvgIpc) is 2.76. The van der Waals surface area contributed by atoms with Crippen molar-refractivity contribution in [2.75, 3.05) is 13.1 Å². The van der Waals surface area contributed by atoms with Gasteiger partial charge in [-0.3, -0.25) is 9.69 Å². The first-order chi connectivity index (χ1) is 6.78. The monoisotopic (exact) mass is 194 g/mol. The Balaban J connectivity index is 1.93. The topological polar surface area (TPSA) is 46.3 Å². The summed E-state index contributed by atoms with van der Waals surface area (Å²) >= 11 is 0. The van der Waals surface area contributed by atoms with E-state index in [-0.39, 0.29) is 0 Å². The molecule has 76 valence electrons. The van der Waals surface area contributed by atoms with Gasteiger partial charge >= 0.3 is 0 Å². The minimum atomic E-state index is 0.312. The minimum absolute atomic E-state index is 0.312.